The van der Waals surface area contributed by atoms with Crippen LogP contribution >= 0.6 is 11.6 Å². The van der Waals surface area contributed by atoms with Crippen molar-refractivity contribution in [2.24, 2.45) is 0 Å². The van der Waals surface area contributed by atoms with Gasteiger partial charge >= 0.3 is 6.09 Å². The molecule has 2 heterocycles. The Kier molecular flexibility index (Phi) is 6.26. The molecule has 1 aromatic carbocycles. The second-order valence-electron chi connectivity index (χ2n) is 8.39. The molecule has 162 valence electrons. The Bertz CT molecular complexity index is 941. The average molecular weight is 435 g/mol. The first kappa shape index (κ1) is 22.0. The molecule has 9 heteroatoms. The van der Waals surface area contributed by atoms with Crippen LogP contribution in [0.25, 0.3) is 0 Å². The van der Waals surface area contributed by atoms with E-state index in [1.165, 1.54) is 0 Å². The smallest absolute Gasteiger partial charge is 0.410 e. The van der Waals surface area contributed by atoms with Gasteiger partial charge in [0.15, 0.2) is 12.4 Å². The van der Waals surface area contributed by atoms with Gasteiger partial charge < -0.3 is 19.7 Å². The molecule has 0 saturated carbocycles. The number of nitrogens with zero attached hydrogens (tertiary/aromatic N) is 2. The summed E-state index contributed by atoms with van der Waals surface area (Å²) in [6.45, 7) is 9.97. The van der Waals surface area contributed by atoms with E-state index in [-0.39, 0.29) is 18.6 Å². The van der Waals surface area contributed by atoms with Crippen LogP contribution in [-0.4, -0.2) is 45.9 Å². The van der Waals surface area contributed by atoms with Crippen LogP contribution in [0.3, 0.4) is 0 Å². The number of benzene rings is 1. The van der Waals surface area contributed by atoms with Crippen LogP contribution < -0.4 is 10.1 Å². The molecule has 0 aliphatic carbocycles. The first-order valence-corrected chi connectivity index (χ1v) is 10.1. The lowest BCUT2D eigenvalue weighted by molar-refractivity contribution is -0.118. The van der Waals surface area contributed by atoms with Crippen molar-refractivity contribution >= 4 is 29.4 Å². The molecule has 8 nitrogen and oxygen atoms in total. The van der Waals surface area contributed by atoms with Crippen LogP contribution in [0.4, 0.5) is 10.6 Å². The number of aryl methyl sites for hydroxylation is 2. The predicted molar refractivity (Wildman–Crippen MR) is 114 cm³/mol. The summed E-state index contributed by atoms with van der Waals surface area (Å²) in [5, 5.41) is 10.6. The summed E-state index contributed by atoms with van der Waals surface area (Å²) >= 11 is 6.16. The molecule has 0 unspecified atom stereocenters. The summed E-state index contributed by atoms with van der Waals surface area (Å²) in [4.78, 5) is 26.2. The van der Waals surface area contributed by atoms with E-state index in [2.05, 4.69) is 15.5 Å². The minimum Gasteiger partial charge on any atom is -0.484 e. The van der Waals surface area contributed by atoms with Crippen molar-refractivity contribution < 1.29 is 19.1 Å². The minimum atomic E-state index is -0.550. The molecule has 2 N–H and O–H groups in total. The number of ether oxygens (including phenoxy) is 2. The van der Waals surface area contributed by atoms with E-state index in [0.29, 0.717) is 36.1 Å². The Morgan fingerprint density at radius 2 is 1.93 bits per heavy atom. The lowest BCUT2D eigenvalue weighted by atomic mass is 10.1. The molecule has 3 rings (SSSR count). The molecular weight excluding hydrogens is 408 g/mol. The summed E-state index contributed by atoms with van der Waals surface area (Å²) in [5.74, 6) is 0.733. The van der Waals surface area contributed by atoms with Crippen molar-refractivity contribution in [3.8, 4) is 5.75 Å². The maximum absolute atomic E-state index is 12.3. The van der Waals surface area contributed by atoms with Crippen molar-refractivity contribution in [2.45, 2.75) is 53.2 Å². The lowest BCUT2D eigenvalue weighted by Gasteiger charge is -2.29. The fourth-order valence-electron chi connectivity index (χ4n) is 3.21. The number of aromatic amines is 1. The molecule has 2 amide bonds. The van der Waals surface area contributed by atoms with Crippen molar-refractivity contribution in [3.63, 3.8) is 0 Å². The van der Waals surface area contributed by atoms with Crippen molar-refractivity contribution in [3.05, 3.63) is 39.5 Å². The third-order valence-corrected chi connectivity index (χ3v) is 5.22. The maximum atomic E-state index is 12.3. The van der Waals surface area contributed by atoms with Gasteiger partial charge in [0.2, 0.25) is 0 Å². The summed E-state index contributed by atoms with van der Waals surface area (Å²) in [6.07, 6.45) is 0.201. The van der Waals surface area contributed by atoms with E-state index in [9.17, 15) is 9.59 Å². The number of hydrogen-bond acceptors (Lipinski definition) is 5. The topological polar surface area (TPSA) is 96.5 Å². The third-order valence-electron chi connectivity index (χ3n) is 4.62. The molecule has 1 aliphatic rings. The Morgan fingerprint density at radius 1 is 1.27 bits per heavy atom. The van der Waals surface area contributed by atoms with Gasteiger partial charge in [0.25, 0.3) is 5.91 Å². The molecule has 1 aromatic heterocycles. The zero-order valence-corrected chi connectivity index (χ0v) is 18.6. The largest absolute Gasteiger partial charge is 0.484 e. The number of fused-ring (bicyclic) bond motifs is 1. The van der Waals surface area contributed by atoms with E-state index < -0.39 is 5.60 Å². The molecular formula is C21H27ClN4O4. The van der Waals surface area contributed by atoms with Gasteiger partial charge in [-0.05, 0) is 64.3 Å². The number of carbonyl (C=O) groups is 2. The Hall–Kier alpha value is -2.74. The number of carbonyl (C=O) groups excluding carboxylic acids is 2. The molecule has 0 saturated heterocycles. The highest BCUT2D eigenvalue weighted by molar-refractivity contribution is 6.32. The third kappa shape index (κ3) is 5.24. The van der Waals surface area contributed by atoms with Crippen molar-refractivity contribution in [1.29, 1.82) is 0 Å². The van der Waals surface area contributed by atoms with E-state index >= 15 is 0 Å². The molecule has 2 aromatic rings. The van der Waals surface area contributed by atoms with Gasteiger partial charge in [-0.1, -0.05) is 11.6 Å². The highest BCUT2D eigenvalue weighted by atomic mass is 35.5. The zero-order chi connectivity index (χ0) is 22.1. The zero-order valence-electron chi connectivity index (χ0n) is 17.9. The highest BCUT2D eigenvalue weighted by Gasteiger charge is 2.28. The van der Waals surface area contributed by atoms with Gasteiger partial charge in [-0.15, -0.1) is 0 Å². The minimum absolute atomic E-state index is 0.147. The predicted octanol–water partition coefficient (Wildman–Crippen LogP) is 3.99. The normalized spacial score (nSPS) is 13.6. The molecule has 0 fully saturated rings. The second kappa shape index (κ2) is 8.55. The van der Waals surface area contributed by atoms with Crippen LogP contribution in [0.15, 0.2) is 12.1 Å². The van der Waals surface area contributed by atoms with Crippen LogP contribution in [0.2, 0.25) is 5.02 Å². The number of H-pyrrole nitrogens is 1. The summed E-state index contributed by atoms with van der Waals surface area (Å²) in [5.41, 5.74) is 2.91. The number of amides is 2. The van der Waals surface area contributed by atoms with Crippen LogP contribution in [0, 0.1) is 13.8 Å². The molecule has 30 heavy (non-hydrogen) atoms. The fraction of sp³-hybridized carbons (Fsp3) is 0.476. The molecule has 0 bridgehead atoms. The van der Waals surface area contributed by atoms with Gasteiger partial charge in [0.1, 0.15) is 11.4 Å². The monoisotopic (exact) mass is 434 g/mol. The standard InChI is InChI=1S/C21H27ClN4O4/c1-12-8-14(9-13(2)18(12)22)29-11-17(27)23-19-15-6-7-26(10-16(15)24-25-19)20(28)30-21(3,4)5/h8-9H,6-7,10-11H2,1-5H3,(H2,23,24,25,27). The van der Waals surface area contributed by atoms with Gasteiger partial charge in [-0.25, -0.2) is 4.79 Å². The molecule has 0 atom stereocenters. The molecule has 0 spiro atoms. The van der Waals surface area contributed by atoms with Crippen LogP contribution in [-0.2, 0) is 22.5 Å². The highest BCUT2D eigenvalue weighted by Crippen LogP contribution is 2.27. The van der Waals surface area contributed by atoms with Gasteiger partial charge in [-0.2, -0.15) is 5.10 Å². The number of rotatable bonds is 4. The van der Waals surface area contributed by atoms with Crippen LogP contribution in [0.5, 0.6) is 5.75 Å². The summed E-state index contributed by atoms with van der Waals surface area (Å²) in [6, 6.07) is 3.59. The molecule has 0 radical (unpaired) electrons. The first-order valence-electron chi connectivity index (χ1n) is 9.77. The summed E-state index contributed by atoms with van der Waals surface area (Å²) in [7, 11) is 0. The fourth-order valence-corrected chi connectivity index (χ4v) is 3.32. The average Bonchev–Trinajstić information content (AvgIpc) is 3.05. The number of anilines is 1. The van der Waals surface area contributed by atoms with E-state index in [0.717, 1.165) is 22.4 Å². The van der Waals surface area contributed by atoms with Crippen molar-refractivity contribution in [1.82, 2.24) is 15.1 Å². The number of aromatic nitrogens is 2. The Balaban J connectivity index is 1.58. The van der Waals surface area contributed by atoms with Gasteiger partial charge in [0, 0.05) is 17.1 Å². The van der Waals surface area contributed by atoms with Crippen LogP contribution in [0.1, 0.15) is 43.2 Å². The number of nitrogens with one attached hydrogen (secondary N) is 2. The van der Waals surface area contributed by atoms with E-state index in [4.69, 9.17) is 21.1 Å². The second-order valence-corrected chi connectivity index (χ2v) is 8.77. The SMILES string of the molecule is Cc1cc(OCC(=O)Nc2n[nH]c3c2CCN(C(=O)OC(C)(C)C)C3)cc(C)c1Cl. The van der Waals surface area contributed by atoms with E-state index in [1.54, 1.807) is 17.0 Å². The van der Waals surface area contributed by atoms with Gasteiger partial charge in [-0.3, -0.25) is 9.89 Å². The summed E-state index contributed by atoms with van der Waals surface area (Å²) < 4.78 is 11.0. The van der Waals surface area contributed by atoms with Gasteiger partial charge in [0.05, 0.1) is 12.2 Å². The van der Waals surface area contributed by atoms with Crippen molar-refractivity contribution in [2.75, 3.05) is 18.5 Å². The molecule has 1 aliphatic heterocycles. The quantitative estimate of drug-likeness (QED) is 0.758. The van der Waals surface area contributed by atoms with E-state index in [1.807, 2.05) is 34.6 Å². The number of hydrogen-bond donors (Lipinski definition) is 2. The Morgan fingerprint density at radius 3 is 2.57 bits per heavy atom. The first-order chi connectivity index (χ1) is 14.0. The Labute approximate surface area is 180 Å². The number of halogens is 1. The lowest BCUT2D eigenvalue weighted by Crippen LogP contribution is -2.40. The maximum Gasteiger partial charge on any atom is 0.410 e.